The van der Waals surface area contributed by atoms with Crippen molar-refractivity contribution >= 4 is 72.4 Å². The van der Waals surface area contributed by atoms with Gasteiger partial charge in [-0.3, -0.25) is 0 Å². The molecule has 1 nitrogen and oxygen atoms in total. The van der Waals surface area contributed by atoms with Crippen LogP contribution >= 0.6 is 0 Å². The molecule has 0 radical (unpaired) electrons. The molecule has 1 aliphatic rings. The fraction of sp³-hybridized carbons (Fsp3) is 0.0732. The Kier molecular flexibility index (Phi) is 5.33. The Balaban J connectivity index is 1.31. The number of benzene rings is 7. The topological polar surface area (TPSA) is 3.24 Å². The van der Waals surface area contributed by atoms with Crippen LogP contribution in [0, 0.1) is 0 Å². The predicted octanol–water partition coefficient (Wildman–Crippen LogP) is 11.1. The first-order chi connectivity index (χ1) is 21.1. The molecule has 0 unspecified atom stereocenters. The summed E-state index contributed by atoms with van der Waals surface area (Å²) in [5, 5.41) is 8.21. The van der Waals surface area contributed by atoms with E-state index in [0.717, 1.165) is 0 Å². The third kappa shape index (κ3) is 3.58. The Hall–Kier alpha value is -4.62. The molecule has 0 saturated heterocycles. The summed E-state index contributed by atoms with van der Waals surface area (Å²) < 4.78 is 2.96. The second kappa shape index (κ2) is 9.19. The number of anilines is 3. The first kappa shape index (κ1) is 24.9. The molecule has 0 aliphatic heterocycles. The molecule has 9 rings (SSSR count). The second-order valence-corrected chi connectivity index (χ2v) is 14.4. The van der Waals surface area contributed by atoms with Crippen LogP contribution in [0.5, 0.6) is 0 Å². The van der Waals surface area contributed by atoms with Crippen LogP contribution < -0.4 is 4.90 Å². The van der Waals surface area contributed by atoms with Gasteiger partial charge in [0.1, 0.15) is 0 Å². The van der Waals surface area contributed by atoms with E-state index in [1.54, 1.807) is 0 Å². The fourth-order valence-corrected chi connectivity index (χ4v) is 10.1. The van der Waals surface area contributed by atoms with Gasteiger partial charge < -0.3 is 0 Å². The third-order valence-corrected chi connectivity index (χ3v) is 11.9. The molecule has 1 heterocycles. The average Bonchev–Trinajstić information content (AvgIpc) is 3.54. The summed E-state index contributed by atoms with van der Waals surface area (Å²) in [4.78, 5) is 2.48. The van der Waals surface area contributed by atoms with E-state index in [1.807, 2.05) is 0 Å². The van der Waals surface area contributed by atoms with Crippen molar-refractivity contribution < 1.29 is 0 Å². The number of rotatable bonds is 3. The van der Waals surface area contributed by atoms with Gasteiger partial charge in [0, 0.05) is 0 Å². The zero-order valence-corrected chi connectivity index (χ0v) is 25.8. The van der Waals surface area contributed by atoms with Gasteiger partial charge in [0.25, 0.3) is 0 Å². The summed E-state index contributed by atoms with van der Waals surface area (Å²) in [5.41, 5.74) is 9.06. The Bertz CT molecular complexity index is 2380. The predicted molar refractivity (Wildman–Crippen MR) is 186 cm³/mol. The van der Waals surface area contributed by atoms with E-state index >= 15 is 0 Å². The summed E-state index contributed by atoms with van der Waals surface area (Å²) in [6.45, 7) is 4.72. The van der Waals surface area contributed by atoms with Crippen molar-refractivity contribution in [2.75, 3.05) is 4.90 Å². The Morgan fingerprint density at radius 2 is 1.26 bits per heavy atom. The summed E-state index contributed by atoms with van der Waals surface area (Å²) in [6, 6.07) is 51.9. The van der Waals surface area contributed by atoms with Crippen molar-refractivity contribution in [1.29, 1.82) is 0 Å². The van der Waals surface area contributed by atoms with Crippen molar-refractivity contribution in [2.24, 2.45) is 0 Å². The number of hydrogen-bond acceptors (Lipinski definition) is 1. The van der Waals surface area contributed by atoms with Crippen LogP contribution in [-0.4, -0.2) is 14.5 Å². The van der Waals surface area contributed by atoms with E-state index in [1.165, 1.54) is 80.2 Å². The maximum absolute atomic E-state index is 2.48. The van der Waals surface area contributed by atoms with Gasteiger partial charge in [0.05, 0.1) is 0 Å². The van der Waals surface area contributed by atoms with Gasteiger partial charge in [-0.2, -0.15) is 0 Å². The zero-order chi connectivity index (χ0) is 28.7. The number of para-hydroxylation sites is 1. The molecule has 2 heteroatoms. The molecule has 0 bridgehead atoms. The standard InChI is InChI=1S/C41H29NSe/c1-41(2)34-16-9-8-15-33(34)39-35(41)17-10-18-36(39)42(28-12-4-3-5-13-28)29-22-24-31-32-23-21-27-20-19-26-11-6-7-14-30(26)38(27)40(32)43-37(31)25-29/h3-25H,1-2H3. The quantitative estimate of drug-likeness (QED) is 0.141. The molecule has 1 aromatic heterocycles. The molecule has 204 valence electrons. The third-order valence-electron chi connectivity index (χ3n) is 9.43. The Morgan fingerprint density at radius 1 is 0.535 bits per heavy atom. The van der Waals surface area contributed by atoms with Crippen molar-refractivity contribution in [1.82, 2.24) is 0 Å². The van der Waals surface area contributed by atoms with Gasteiger partial charge in [0.2, 0.25) is 0 Å². The van der Waals surface area contributed by atoms with Gasteiger partial charge in [-0.15, -0.1) is 0 Å². The van der Waals surface area contributed by atoms with Crippen molar-refractivity contribution in [3.8, 4) is 11.1 Å². The summed E-state index contributed by atoms with van der Waals surface area (Å²) >= 11 is 0.208. The summed E-state index contributed by atoms with van der Waals surface area (Å²) in [6.07, 6.45) is 0. The number of nitrogens with zero attached hydrogens (tertiary/aromatic N) is 1. The van der Waals surface area contributed by atoms with E-state index in [-0.39, 0.29) is 19.9 Å². The van der Waals surface area contributed by atoms with Gasteiger partial charge in [-0.05, 0) is 0 Å². The molecule has 7 aromatic carbocycles. The molecule has 0 fully saturated rings. The van der Waals surface area contributed by atoms with Gasteiger partial charge in [-0.1, -0.05) is 0 Å². The van der Waals surface area contributed by atoms with Crippen LogP contribution in [0.1, 0.15) is 25.0 Å². The van der Waals surface area contributed by atoms with Crippen LogP contribution in [0.3, 0.4) is 0 Å². The van der Waals surface area contributed by atoms with E-state index in [4.69, 9.17) is 0 Å². The molecule has 0 atom stereocenters. The van der Waals surface area contributed by atoms with Crippen LogP contribution in [-0.2, 0) is 5.41 Å². The Morgan fingerprint density at radius 3 is 2.16 bits per heavy atom. The zero-order valence-electron chi connectivity index (χ0n) is 24.1. The SMILES string of the molecule is CC1(C)c2ccccc2-c2c(N(c3ccccc3)c3ccc4c(c3)[se]c3c4ccc4ccc5ccccc5c43)cccc21. The number of hydrogen-bond donors (Lipinski definition) is 0. The minimum atomic E-state index is -0.0448. The molecule has 0 spiro atoms. The minimum absolute atomic E-state index is 0.0448. The second-order valence-electron chi connectivity index (χ2n) is 12.2. The molecule has 1 aliphatic carbocycles. The molecular weight excluding hydrogens is 585 g/mol. The molecule has 0 saturated carbocycles. The number of fused-ring (bicyclic) bond motifs is 10. The Labute approximate surface area is 257 Å². The van der Waals surface area contributed by atoms with Gasteiger partial charge in [-0.25, -0.2) is 0 Å². The van der Waals surface area contributed by atoms with Crippen LogP contribution in [0.15, 0.2) is 140 Å². The summed E-state index contributed by atoms with van der Waals surface area (Å²) in [5.74, 6) is 0. The molecule has 0 amide bonds. The monoisotopic (exact) mass is 615 g/mol. The van der Waals surface area contributed by atoms with Crippen molar-refractivity contribution in [2.45, 2.75) is 19.3 Å². The van der Waals surface area contributed by atoms with Crippen LogP contribution in [0.25, 0.3) is 52.0 Å². The summed E-state index contributed by atoms with van der Waals surface area (Å²) in [7, 11) is 0. The van der Waals surface area contributed by atoms with E-state index in [2.05, 4.69) is 158 Å². The van der Waals surface area contributed by atoms with E-state index < -0.39 is 0 Å². The maximum atomic E-state index is 2.48. The van der Waals surface area contributed by atoms with Gasteiger partial charge >= 0.3 is 258 Å². The van der Waals surface area contributed by atoms with E-state index in [0.29, 0.717) is 0 Å². The fourth-order valence-electron chi connectivity index (χ4n) is 7.38. The first-order valence-electron chi connectivity index (χ1n) is 14.9. The average molecular weight is 615 g/mol. The molecule has 8 aromatic rings. The first-order valence-corrected chi connectivity index (χ1v) is 16.7. The van der Waals surface area contributed by atoms with Crippen LogP contribution in [0.4, 0.5) is 17.1 Å². The van der Waals surface area contributed by atoms with Crippen LogP contribution in [0.2, 0.25) is 0 Å². The van der Waals surface area contributed by atoms with Crippen molar-refractivity contribution in [3.63, 3.8) is 0 Å². The molecular formula is C41H29NSe. The van der Waals surface area contributed by atoms with Gasteiger partial charge in [0.15, 0.2) is 0 Å². The normalized spacial score (nSPS) is 13.5. The van der Waals surface area contributed by atoms with E-state index in [9.17, 15) is 0 Å². The van der Waals surface area contributed by atoms with Crippen molar-refractivity contribution in [3.05, 3.63) is 151 Å². The molecule has 43 heavy (non-hydrogen) atoms. The molecule has 0 N–H and O–H groups in total.